The lowest BCUT2D eigenvalue weighted by Gasteiger charge is -2.24. The summed E-state index contributed by atoms with van der Waals surface area (Å²) in [5.41, 5.74) is 0. The molecular formula is C15H25NO2. The zero-order chi connectivity index (χ0) is 12.5. The van der Waals surface area contributed by atoms with Gasteiger partial charge in [0.15, 0.2) is 0 Å². The van der Waals surface area contributed by atoms with Crippen molar-refractivity contribution in [3.8, 4) is 0 Å². The highest BCUT2D eigenvalue weighted by atomic mass is 16.3. The third-order valence-corrected chi connectivity index (χ3v) is 5.50. The zero-order valence-corrected chi connectivity index (χ0v) is 11.2. The van der Waals surface area contributed by atoms with E-state index < -0.39 is 0 Å². The fourth-order valence-corrected chi connectivity index (χ4v) is 4.46. The number of aliphatic hydroxyl groups is 1. The first-order chi connectivity index (χ1) is 8.76. The van der Waals surface area contributed by atoms with Crippen LogP contribution in [0.4, 0.5) is 0 Å². The summed E-state index contributed by atoms with van der Waals surface area (Å²) in [4.78, 5) is 14.3. The predicted octanol–water partition coefficient (Wildman–Crippen LogP) is 2.04. The van der Waals surface area contributed by atoms with Gasteiger partial charge in [-0.1, -0.05) is 6.42 Å². The van der Waals surface area contributed by atoms with Crippen LogP contribution in [0.2, 0.25) is 0 Å². The largest absolute Gasteiger partial charge is 0.396 e. The van der Waals surface area contributed by atoms with E-state index in [1.165, 1.54) is 25.7 Å². The minimum Gasteiger partial charge on any atom is -0.396 e. The normalized spacial score (nSPS) is 38.6. The maximum atomic E-state index is 12.3. The van der Waals surface area contributed by atoms with Crippen LogP contribution in [0.25, 0.3) is 0 Å². The molecule has 0 spiro atoms. The van der Waals surface area contributed by atoms with E-state index in [1.54, 1.807) is 0 Å². The van der Waals surface area contributed by atoms with Crippen molar-refractivity contribution in [2.45, 2.75) is 44.9 Å². The van der Waals surface area contributed by atoms with Crippen molar-refractivity contribution in [3.63, 3.8) is 0 Å². The van der Waals surface area contributed by atoms with Gasteiger partial charge in [0.25, 0.3) is 0 Å². The Morgan fingerprint density at radius 2 is 2.11 bits per heavy atom. The molecule has 2 saturated carbocycles. The molecule has 18 heavy (non-hydrogen) atoms. The molecule has 3 heteroatoms. The van der Waals surface area contributed by atoms with E-state index in [9.17, 15) is 4.79 Å². The number of amides is 1. The smallest absolute Gasteiger partial charge is 0.222 e. The summed E-state index contributed by atoms with van der Waals surface area (Å²) in [5, 5.41) is 8.95. The maximum Gasteiger partial charge on any atom is 0.222 e. The summed E-state index contributed by atoms with van der Waals surface area (Å²) >= 11 is 0. The second kappa shape index (κ2) is 5.20. The number of rotatable bonds is 4. The highest BCUT2D eigenvalue weighted by molar-refractivity contribution is 5.76. The lowest BCUT2D eigenvalue weighted by atomic mass is 9.86. The van der Waals surface area contributed by atoms with Gasteiger partial charge >= 0.3 is 0 Å². The second-order valence-electron chi connectivity index (χ2n) is 6.65. The number of carbonyl (C=O) groups is 1. The van der Waals surface area contributed by atoms with Gasteiger partial charge in [0.2, 0.25) is 5.91 Å². The summed E-state index contributed by atoms with van der Waals surface area (Å²) in [6.45, 7) is 2.07. The Kier molecular flexibility index (Phi) is 3.60. The molecule has 0 aromatic rings. The van der Waals surface area contributed by atoms with Gasteiger partial charge in [-0.15, -0.1) is 0 Å². The van der Waals surface area contributed by atoms with E-state index in [4.69, 9.17) is 5.11 Å². The number of carbonyl (C=O) groups excluding carboxylic acids is 1. The summed E-state index contributed by atoms with van der Waals surface area (Å²) in [6, 6.07) is 0. The van der Waals surface area contributed by atoms with Gasteiger partial charge in [0.05, 0.1) is 0 Å². The van der Waals surface area contributed by atoms with Crippen molar-refractivity contribution < 1.29 is 9.90 Å². The molecule has 3 rings (SSSR count). The summed E-state index contributed by atoms with van der Waals surface area (Å²) in [6.07, 6.45) is 8.23. The van der Waals surface area contributed by atoms with Gasteiger partial charge < -0.3 is 10.0 Å². The average Bonchev–Trinajstić information content (AvgIpc) is 3.04. The van der Waals surface area contributed by atoms with E-state index in [1.807, 2.05) is 4.90 Å². The highest BCUT2D eigenvalue weighted by Gasteiger charge is 2.41. The lowest BCUT2D eigenvalue weighted by molar-refractivity contribution is -0.131. The second-order valence-corrected chi connectivity index (χ2v) is 6.65. The minimum atomic E-state index is 0.263. The number of nitrogens with zero attached hydrogens (tertiary/aromatic N) is 1. The number of hydrogen-bond donors (Lipinski definition) is 1. The maximum absolute atomic E-state index is 12.3. The van der Waals surface area contributed by atoms with Crippen LogP contribution in [0.3, 0.4) is 0 Å². The lowest BCUT2D eigenvalue weighted by Crippen LogP contribution is -2.31. The topological polar surface area (TPSA) is 40.5 Å². The molecule has 3 fully saturated rings. The van der Waals surface area contributed by atoms with Crippen molar-refractivity contribution in [2.24, 2.45) is 23.7 Å². The van der Waals surface area contributed by atoms with Crippen LogP contribution in [-0.4, -0.2) is 35.6 Å². The van der Waals surface area contributed by atoms with E-state index in [2.05, 4.69) is 0 Å². The quantitative estimate of drug-likeness (QED) is 0.830. The molecule has 0 aromatic heterocycles. The van der Waals surface area contributed by atoms with Gasteiger partial charge in [0.1, 0.15) is 0 Å². The van der Waals surface area contributed by atoms with Gasteiger partial charge in [-0.3, -0.25) is 4.79 Å². The Morgan fingerprint density at radius 3 is 2.78 bits per heavy atom. The van der Waals surface area contributed by atoms with Gasteiger partial charge in [-0.05, 0) is 55.8 Å². The van der Waals surface area contributed by atoms with Crippen LogP contribution in [0.15, 0.2) is 0 Å². The number of likely N-dealkylation sites (tertiary alicyclic amines) is 1. The molecule has 1 amide bonds. The van der Waals surface area contributed by atoms with E-state index in [0.29, 0.717) is 17.7 Å². The molecule has 0 radical (unpaired) electrons. The fraction of sp³-hybridized carbons (Fsp3) is 0.933. The molecule has 1 N–H and O–H groups in total. The molecule has 3 nitrogen and oxygen atoms in total. The van der Waals surface area contributed by atoms with Gasteiger partial charge in [-0.25, -0.2) is 0 Å². The molecule has 4 atom stereocenters. The van der Waals surface area contributed by atoms with Crippen LogP contribution in [0.5, 0.6) is 0 Å². The first-order valence-corrected chi connectivity index (χ1v) is 7.65. The molecule has 1 saturated heterocycles. The summed E-state index contributed by atoms with van der Waals surface area (Å²) in [7, 11) is 0. The summed E-state index contributed by atoms with van der Waals surface area (Å²) in [5.74, 6) is 3.41. The molecule has 2 aliphatic carbocycles. The summed E-state index contributed by atoms with van der Waals surface area (Å²) < 4.78 is 0. The monoisotopic (exact) mass is 251 g/mol. The third kappa shape index (κ3) is 2.42. The van der Waals surface area contributed by atoms with E-state index >= 15 is 0 Å². The highest BCUT2D eigenvalue weighted by Crippen LogP contribution is 2.49. The Bertz CT molecular complexity index is 318. The van der Waals surface area contributed by atoms with Crippen LogP contribution in [0, 0.1) is 23.7 Å². The fourth-order valence-electron chi connectivity index (χ4n) is 4.46. The van der Waals surface area contributed by atoms with Crippen molar-refractivity contribution in [3.05, 3.63) is 0 Å². The minimum absolute atomic E-state index is 0.263. The number of aliphatic hydroxyl groups excluding tert-OH is 1. The van der Waals surface area contributed by atoms with E-state index in [-0.39, 0.29) is 6.61 Å². The molecule has 4 unspecified atom stereocenters. The SMILES string of the molecule is O=C(CC1CC2CCC1C2)N1CCC(CCO)C1. The standard InChI is InChI=1S/C15H25NO2/c17-6-4-11-3-5-16(10-11)15(18)9-14-8-12-1-2-13(14)7-12/h11-14,17H,1-10H2. The van der Waals surface area contributed by atoms with Gasteiger partial charge in [-0.2, -0.15) is 0 Å². The van der Waals surface area contributed by atoms with Crippen molar-refractivity contribution in [1.82, 2.24) is 4.90 Å². The Morgan fingerprint density at radius 1 is 1.22 bits per heavy atom. The van der Waals surface area contributed by atoms with Crippen LogP contribution in [0.1, 0.15) is 44.9 Å². The van der Waals surface area contributed by atoms with Crippen molar-refractivity contribution >= 4 is 5.91 Å². The van der Waals surface area contributed by atoms with Crippen LogP contribution in [-0.2, 0) is 4.79 Å². The molecule has 3 aliphatic rings. The van der Waals surface area contributed by atoms with Crippen molar-refractivity contribution in [2.75, 3.05) is 19.7 Å². The Hall–Kier alpha value is -0.570. The van der Waals surface area contributed by atoms with Gasteiger partial charge in [0, 0.05) is 26.1 Å². The van der Waals surface area contributed by atoms with Crippen LogP contribution >= 0.6 is 0 Å². The molecule has 2 bridgehead atoms. The first-order valence-electron chi connectivity index (χ1n) is 7.65. The number of fused-ring (bicyclic) bond motifs is 2. The molecule has 0 aromatic carbocycles. The first kappa shape index (κ1) is 12.5. The molecule has 1 heterocycles. The Labute approximate surface area is 110 Å². The van der Waals surface area contributed by atoms with Crippen LogP contribution < -0.4 is 0 Å². The average molecular weight is 251 g/mol. The number of hydrogen-bond acceptors (Lipinski definition) is 2. The predicted molar refractivity (Wildman–Crippen MR) is 69.9 cm³/mol. The molecule has 102 valence electrons. The zero-order valence-electron chi connectivity index (χ0n) is 11.2. The molecular weight excluding hydrogens is 226 g/mol. The molecule has 1 aliphatic heterocycles. The Balaban J connectivity index is 1.47. The van der Waals surface area contributed by atoms with E-state index in [0.717, 1.165) is 44.2 Å². The third-order valence-electron chi connectivity index (χ3n) is 5.50. The van der Waals surface area contributed by atoms with Crippen molar-refractivity contribution in [1.29, 1.82) is 0 Å².